The molecule has 0 saturated carbocycles. The van der Waals surface area contributed by atoms with Gasteiger partial charge in [0.25, 0.3) is 0 Å². The van der Waals surface area contributed by atoms with Crippen LogP contribution < -0.4 is 0 Å². The van der Waals surface area contributed by atoms with E-state index in [2.05, 4.69) is 13.8 Å². The van der Waals surface area contributed by atoms with E-state index < -0.39 is 0 Å². The summed E-state index contributed by atoms with van der Waals surface area (Å²) in [7, 11) is 0. The lowest BCUT2D eigenvalue weighted by Crippen LogP contribution is -1.92. The van der Waals surface area contributed by atoms with E-state index in [-0.39, 0.29) is 6.10 Å². The molecule has 0 radical (unpaired) electrons. The zero-order valence-corrected chi connectivity index (χ0v) is 6.46. The predicted octanol–water partition coefficient (Wildman–Crippen LogP) is 1.97. The van der Waals surface area contributed by atoms with Crippen molar-refractivity contribution < 1.29 is 5.11 Å². The summed E-state index contributed by atoms with van der Waals surface area (Å²) in [4.78, 5) is 0. The lowest BCUT2D eigenvalue weighted by Gasteiger charge is -1.97. The second-order valence-corrected chi connectivity index (χ2v) is 2.80. The molecular formula is C8H16O. The van der Waals surface area contributed by atoms with E-state index in [1.165, 1.54) is 0 Å². The van der Waals surface area contributed by atoms with Crippen LogP contribution in [-0.4, -0.2) is 11.2 Å². The van der Waals surface area contributed by atoms with Crippen molar-refractivity contribution in [2.24, 2.45) is 5.92 Å². The fourth-order valence-electron chi connectivity index (χ4n) is 0.548. The Morgan fingerprint density at radius 3 is 2.22 bits per heavy atom. The molecule has 0 unspecified atom stereocenters. The maximum atomic E-state index is 8.78. The summed E-state index contributed by atoms with van der Waals surface area (Å²) in [5.74, 6) is 0.694. The molecule has 0 saturated heterocycles. The van der Waals surface area contributed by atoms with Gasteiger partial charge in [-0.1, -0.05) is 26.0 Å². The second-order valence-electron chi connectivity index (χ2n) is 2.80. The molecule has 1 N–H and O–H groups in total. The highest BCUT2D eigenvalue weighted by atomic mass is 16.3. The average Bonchev–Trinajstić information content (AvgIpc) is 1.63. The molecule has 0 spiro atoms. The van der Waals surface area contributed by atoms with Gasteiger partial charge >= 0.3 is 0 Å². The molecule has 0 amide bonds. The summed E-state index contributed by atoms with van der Waals surface area (Å²) in [5.41, 5.74) is 0. The molecule has 0 aromatic heterocycles. The molecular weight excluding hydrogens is 112 g/mol. The van der Waals surface area contributed by atoms with Gasteiger partial charge < -0.3 is 5.11 Å². The first-order chi connectivity index (χ1) is 4.13. The summed E-state index contributed by atoms with van der Waals surface area (Å²) in [5, 5.41) is 8.78. The normalized spacial score (nSPS) is 15.2. The Morgan fingerprint density at radius 2 is 1.89 bits per heavy atom. The van der Waals surface area contributed by atoms with Crippen LogP contribution in [0.3, 0.4) is 0 Å². The number of aliphatic hydroxyl groups is 1. The molecule has 1 atom stereocenters. The SMILES string of the molecule is CC(C)C/C=C/[C@H](C)O. The number of rotatable bonds is 3. The van der Waals surface area contributed by atoms with Crippen LogP contribution in [0.5, 0.6) is 0 Å². The molecule has 1 heteroatoms. The van der Waals surface area contributed by atoms with E-state index >= 15 is 0 Å². The van der Waals surface area contributed by atoms with Gasteiger partial charge in [0.05, 0.1) is 6.10 Å². The Balaban J connectivity index is 3.25. The summed E-state index contributed by atoms with van der Waals surface area (Å²) >= 11 is 0. The van der Waals surface area contributed by atoms with Crippen LogP contribution in [0, 0.1) is 5.92 Å². The molecule has 0 bridgehead atoms. The second kappa shape index (κ2) is 4.57. The number of hydrogen-bond acceptors (Lipinski definition) is 1. The van der Waals surface area contributed by atoms with Gasteiger partial charge in [0, 0.05) is 0 Å². The highest BCUT2D eigenvalue weighted by molar-refractivity contribution is 4.86. The largest absolute Gasteiger partial charge is 0.389 e. The minimum atomic E-state index is -0.288. The molecule has 0 aromatic carbocycles. The Morgan fingerprint density at radius 1 is 1.33 bits per heavy atom. The Bertz CT molecular complexity index is 82.6. The molecule has 1 nitrogen and oxygen atoms in total. The molecule has 0 fully saturated rings. The quantitative estimate of drug-likeness (QED) is 0.576. The van der Waals surface area contributed by atoms with Crippen molar-refractivity contribution in [1.29, 1.82) is 0 Å². The minimum Gasteiger partial charge on any atom is -0.389 e. The lowest BCUT2D eigenvalue weighted by molar-refractivity contribution is 0.243. The molecule has 0 rings (SSSR count). The zero-order valence-electron chi connectivity index (χ0n) is 6.46. The number of aliphatic hydroxyl groups excluding tert-OH is 1. The third-order valence-electron chi connectivity index (χ3n) is 1.02. The van der Waals surface area contributed by atoms with Crippen LogP contribution >= 0.6 is 0 Å². The van der Waals surface area contributed by atoms with Crippen LogP contribution in [-0.2, 0) is 0 Å². The van der Waals surface area contributed by atoms with E-state index in [0.717, 1.165) is 6.42 Å². The van der Waals surface area contributed by atoms with E-state index in [9.17, 15) is 0 Å². The van der Waals surface area contributed by atoms with E-state index in [1.807, 2.05) is 12.2 Å². The molecule has 0 heterocycles. The van der Waals surface area contributed by atoms with Gasteiger partial charge in [0.2, 0.25) is 0 Å². The molecule has 0 aliphatic rings. The fourth-order valence-corrected chi connectivity index (χ4v) is 0.548. The minimum absolute atomic E-state index is 0.288. The van der Waals surface area contributed by atoms with Crippen LogP contribution in [0.1, 0.15) is 27.2 Å². The first-order valence-corrected chi connectivity index (χ1v) is 3.47. The molecule has 0 aliphatic carbocycles. The van der Waals surface area contributed by atoms with Crippen molar-refractivity contribution in [2.75, 3.05) is 0 Å². The number of allylic oxidation sites excluding steroid dienone is 1. The standard InChI is InChI=1S/C8H16O/c1-7(2)5-4-6-8(3)9/h4,6-9H,5H2,1-3H3/b6-4+/t8-/m0/s1. The van der Waals surface area contributed by atoms with Crippen molar-refractivity contribution in [3.8, 4) is 0 Å². The Labute approximate surface area is 57.4 Å². The van der Waals surface area contributed by atoms with Crippen LogP contribution in [0.2, 0.25) is 0 Å². The van der Waals surface area contributed by atoms with E-state index in [0.29, 0.717) is 5.92 Å². The average molecular weight is 128 g/mol. The van der Waals surface area contributed by atoms with Gasteiger partial charge in [-0.2, -0.15) is 0 Å². The topological polar surface area (TPSA) is 20.2 Å². The van der Waals surface area contributed by atoms with Crippen molar-refractivity contribution in [3.05, 3.63) is 12.2 Å². The third-order valence-corrected chi connectivity index (χ3v) is 1.02. The van der Waals surface area contributed by atoms with Crippen LogP contribution in [0.4, 0.5) is 0 Å². The predicted molar refractivity (Wildman–Crippen MR) is 40.3 cm³/mol. The van der Waals surface area contributed by atoms with Gasteiger partial charge in [-0.15, -0.1) is 0 Å². The Hall–Kier alpha value is -0.300. The van der Waals surface area contributed by atoms with E-state index in [4.69, 9.17) is 5.11 Å². The monoisotopic (exact) mass is 128 g/mol. The summed E-state index contributed by atoms with van der Waals surface area (Å²) < 4.78 is 0. The molecule has 0 aromatic rings. The first-order valence-electron chi connectivity index (χ1n) is 3.47. The van der Waals surface area contributed by atoms with Gasteiger partial charge in [-0.25, -0.2) is 0 Å². The maximum absolute atomic E-state index is 8.78. The molecule has 54 valence electrons. The highest BCUT2D eigenvalue weighted by Crippen LogP contribution is 2.00. The first kappa shape index (κ1) is 8.70. The summed E-state index contributed by atoms with van der Waals surface area (Å²) in [6.45, 7) is 6.08. The van der Waals surface area contributed by atoms with Crippen molar-refractivity contribution in [2.45, 2.75) is 33.3 Å². The molecule has 0 aliphatic heterocycles. The van der Waals surface area contributed by atoms with Gasteiger partial charge in [-0.05, 0) is 19.3 Å². The van der Waals surface area contributed by atoms with Gasteiger partial charge in [0.1, 0.15) is 0 Å². The smallest absolute Gasteiger partial charge is 0.0692 e. The van der Waals surface area contributed by atoms with Crippen molar-refractivity contribution in [1.82, 2.24) is 0 Å². The van der Waals surface area contributed by atoms with E-state index in [1.54, 1.807) is 6.92 Å². The third kappa shape index (κ3) is 7.70. The van der Waals surface area contributed by atoms with Crippen molar-refractivity contribution in [3.63, 3.8) is 0 Å². The van der Waals surface area contributed by atoms with Crippen LogP contribution in [0.15, 0.2) is 12.2 Å². The van der Waals surface area contributed by atoms with Gasteiger partial charge in [-0.3, -0.25) is 0 Å². The highest BCUT2D eigenvalue weighted by Gasteiger charge is 1.88. The summed E-state index contributed by atoms with van der Waals surface area (Å²) in [6.07, 6.45) is 4.61. The molecule has 9 heavy (non-hydrogen) atoms. The fraction of sp³-hybridized carbons (Fsp3) is 0.750. The number of hydrogen-bond donors (Lipinski definition) is 1. The maximum Gasteiger partial charge on any atom is 0.0692 e. The Kier molecular flexibility index (Phi) is 4.41. The van der Waals surface area contributed by atoms with Gasteiger partial charge in [0.15, 0.2) is 0 Å². The lowest BCUT2D eigenvalue weighted by atomic mass is 10.1. The zero-order chi connectivity index (χ0) is 7.28. The van der Waals surface area contributed by atoms with Crippen LogP contribution in [0.25, 0.3) is 0 Å². The van der Waals surface area contributed by atoms with Crippen molar-refractivity contribution >= 4 is 0 Å². The summed E-state index contributed by atoms with van der Waals surface area (Å²) in [6, 6.07) is 0.